The summed E-state index contributed by atoms with van der Waals surface area (Å²) in [5.74, 6) is 0. The van der Waals surface area contributed by atoms with Crippen LogP contribution in [0.5, 0.6) is 0 Å². The second kappa shape index (κ2) is 26.8. The minimum atomic E-state index is -4.70. The molecule has 312 valence electrons. The molecule has 0 heterocycles. The van der Waals surface area contributed by atoms with E-state index in [-0.39, 0.29) is 13.2 Å². The number of alkyl carbamates (subject to hydrolysis) is 1. The molecule has 1 unspecified atom stereocenters. The highest BCUT2D eigenvalue weighted by atomic mass is 31.2. The minimum absolute atomic E-state index is 0.0365. The highest BCUT2D eigenvalue weighted by molar-refractivity contribution is 7.45. The summed E-state index contributed by atoms with van der Waals surface area (Å²) in [6.45, 7) is 2.53. The number of carbonyl (C=O) groups is 1. The molecular weight excluding hydrogens is 723 g/mol. The van der Waals surface area contributed by atoms with E-state index in [2.05, 4.69) is 12.2 Å². The zero-order chi connectivity index (χ0) is 40.4. The van der Waals surface area contributed by atoms with Crippen molar-refractivity contribution >= 4 is 13.9 Å². The Labute approximate surface area is 338 Å². The first-order valence-corrected chi connectivity index (χ1v) is 22.7. The number of ether oxygens (including phenoxy) is 2. The molecule has 0 spiro atoms. The third-order valence-corrected chi connectivity index (χ3v) is 11.0. The summed E-state index contributed by atoms with van der Waals surface area (Å²) >= 11 is 0. The number of hydrogen-bond donors (Lipinski definition) is 1. The molecule has 0 saturated carbocycles. The van der Waals surface area contributed by atoms with Crippen molar-refractivity contribution in [2.75, 3.05) is 54.1 Å². The number of phosphoric acid groups is 1. The number of likely N-dealkylation sites (N-methyl/N-ethyl adjacent to an activating group) is 1. The van der Waals surface area contributed by atoms with Gasteiger partial charge >= 0.3 is 6.09 Å². The molecule has 10 heteroatoms. The first-order chi connectivity index (χ1) is 27.1. The third-order valence-electron chi connectivity index (χ3n) is 10.0. The summed E-state index contributed by atoms with van der Waals surface area (Å²) in [6, 6.07) is 29.5. The fraction of sp³-hybridized carbons (Fsp3) is 0.587. The number of benzene rings is 3. The lowest BCUT2D eigenvalue weighted by Gasteiger charge is -2.37. The van der Waals surface area contributed by atoms with Gasteiger partial charge < -0.3 is 33.2 Å². The average Bonchev–Trinajstić information content (AvgIpc) is 3.19. The van der Waals surface area contributed by atoms with Crippen LogP contribution >= 0.6 is 7.82 Å². The van der Waals surface area contributed by atoms with Gasteiger partial charge in [0.2, 0.25) is 0 Å². The van der Waals surface area contributed by atoms with Gasteiger partial charge in [0.1, 0.15) is 18.8 Å². The van der Waals surface area contributed by atoms with Gasteiger partial charge in [0.25, 0.3) is 7.82 Å². The summed E-state index contributed by atoms with van der Waals surface area (Å²) in [7, 11) is 1.13. The molecule has 0 saturated heterocycles. The Hall–Kier alpha value is -3.04. The molecule has 0 fully saturated rings. The van der Waals surface area contributed by atoms with E-state index in [0.29, 0.717) is 17.6 Å². The zero-order valence-corrected chi connectivity index (χ0v) is 35.7. The van der Waals surface area contributed by atoms with E-state index in [4.69, 9.17) is 18.5 Å². The molecule has 0 aromatic heterocycles. The van der Waals surface area contributed by atoms with Crippen LogP contribution in [0.2, 0.25) is 0 Å². The van der Waals surface area contributed by atoms with Crippen molar-refractivity contribution in [1.82, 2.24) is 5.32 Å². The van der Waals surface area contributed by atoms with Crippen molar-refractivity contribution in [3.05, 3.63) is 108 Å². The van der Waals surface area contributed by atoms with Gasteiger partial charge in [-0.2, -0.15) is 0 Å². The molecule has 2 atom stereocenters. The first kappa shape index (κ1) is 47.3. The summed E-state index contributed by atoms with van der Waals surface area (Å²) in [4.78, 5) is 25.9. The normalized spacial score (nSPS) is 13.6. The van der Waals surface area contributed by atoms with E-state index < -0.39 is 32.2 Å². The predicted octanol–water partition coefficient (Wildman–Crippen LogP) is 10.6. The van der Waals surface area contributed by atoms with Crippen LogP contribution in [0.15, 0.2) is 91.0 Å². The largest absolute Gasteiger partial charge is 0.756 e. The van der Waals surface area contributed by atoms with Gasteiger partial charge in [-0.1, -0.05) is 194 Å². The molecule has 0 radical (unpaired) electrons. The number of quaternary nitrogens is 1. The van der Waals surface area contributed by atoms with E-state index in [1.165, 1.54) is 83.5 Å². The van der Waals surface area contributed by atoms with Gasteiger partial charge in [-0.25, -0.2) is 4.79 Å². The molecule has 0 bridgehead atoms. The second-order valence-corrected chi connectivity index (χ2v) is 17.3. The Morgan fingerprint density at radius 3 is 1.46 bits per heavy atom. The maximum atomic E-state index is 13.1. The Balaban J connectivity index is 1.55. The smallest absolute Gasteiger partial charge is 0.407 e. The molecular formula is C46H71N2O7P. The molecule has 0 aliphatic heterocycles. The average molecular weight is 795 g/mol. The Kier molecular flexibility index (Phi) is 22.7. The van der Waals surface area contributed by atoms with E-state index in [0.717, 1.165) is 36.0 Å². The van der Waals surface area contributed by atoms with E-state index in [1.807, 2.05) is 112 Å². The molecule has 3 aromatic rings. The number of carbonyl (C=O) groups excluding carboxylic acids is 1. The van der Waals surface area contributed by atoms with Crippen molar-refractivity contribution in [3.8, 4) is 0 Å². The quantitative estimate of drug-likeness (QED) is 0.0299. The summed E-state index contributed by atoms with van der Waals surface area (Å²) in [5.41, 5.74) is 1.49. The number of nitrogens with zero attached hydrogens (tertiary/aromatic N) is 1. The molecule has 9 nitrogen and oxygen atoms in total. The van der Waals surface area contributed by atoms with Crippen LogP contribution in [0.1, 0.15) is 126 Å². The maximum absolute atomic E-state index is 13.1. The molecule has 1 amide bonds. The molecule has 56 heavy (non-hydrogen) atoms. The third kappa shape index (κ3) is 18.9. The standard InChI is InChI=1S/C46H71N2O7P/c1-5-6-7-8-9-10-11-12-13-14-15-16-17-18-19-29-36-47-45(49)55-44(40-54-56(50,51)53-38-37-48(2,3)4)39-52-46(41-30-23-20-24-31-41,42-32-25-21-26-33-42)43-34-27-22-28-35-43/h20-28,30-35,44H,5-19,29,36-40H2,1-4H3,(H-,47,49,50,51)/t44-/m1/s1. The van der Waals surface area contributed by atoms with Gasteiger partial charge in [-0.3, -0.25) is 4.57 Å². The van der Waals surface area contributed by atoms with Crippen molar-refractivity contribution in [2.24, 2.45) is 0 Å². The highest BCUT2D eigenvalue weighted by Crippen LogP contribution is 2.41. The maximum Gasteiger partial charge on any atom is 0.407 e. The lowest BCUT2D eigenvalue weighted by Crippen LogP contribution is -2.40. The number of phosphoric ester groups is 1. The van der Waals surface area contributed by atoms with E-state index in [9.17, 15) is 14.3 Å². The number of rotatable bonds is 31. The van der Waals surface area contributed by atoms with Crippen LogP contribution in [0, 0.1) is 0 Å². The molecule has 3 aromatic carbocycles. The number of amides is 1. The van der Waals surface area contributed by atoms with Gasteiger partial charge in [-0.15, -0.1) is 0 Å². The minimum Gasteiger partial charge on any atom is -0.756 e. The van der Waals surface area contributed by atoms with E-state index in [1.54, 1.807) is 0 Å². The van der Waals surface area contributed by atoms with Crippen LogP contribution in [0.25, 0.3) is 0 Å². The van der Waals surface area contributed by atoms with Gasteiger partial charge in [0.05, 0.1) is 34.4 Å². The van der Waals surface area contributed by atoms with Gasteiger partial charge in [0, 0.05) is 6.54 Å². The lowest BCUT2D eigenvalue weighted by atomic mass is 9.80. The Bertz CT molecular complexity index is 1390. The molecule has 0 aliphatic carbocycles. The molecule has 0 aliphatic rings. The highest BCUT2D eigenvalue weighted by Gasteiger charge is 2.38. The van der Waals surface area contributed by atoms with Crippen molar-refractivity contribution in [2.45, 2.75) is 121 Å². The number of unbranched alkanes of at least 4 members (excludes halogenated alkanes) is 15. The fourth-order valence-corrected chi connectivity index (χ4v) is 7.53. The second-order valence-electron chi connectivity index (χ2n) is 15.9. The predicted molar refractivity (Wildman–Crippen MR) is 225 cm³/mol. The van der Waals surface area contributed by atoms with Crippen LogP contribution in [-0.4, -0.2) is 70.7 Å². The first-order valence-electron chi connectivity index (χ1n) is 21.2. The van der Waals surface area contributed by atoms with Gasteiger partial charge in [0.15, 0.2) is 6.10 Å². The summed E-state index contributed by atoms with van der Waals surface area (Å²) in [6.07, 6.45) is 18.7. The van der Waals surface area contributed by atoms with E-state index >= 15 is 0 Å². The van der Waals surface area contributed by atoms with Crippen molar-refractivity contribution in [1.29, 1.82) is 0 Å². The Morgan fingerprint density at radius 1 is 0.643 bits per heavy atom. The fourth-order valence-electron chi connectivity index (χ4n) is 6.80. The number of hydrogen-bond acceptors (Lipinski definition) is 7. The van der Waals surface area contributed by atoms with Gasteiger partial charge in [-0.05, 0) is 23.1 Å². The zero-order valence-electron chi connectivity index (χ0n) is 34.8. The topological polar surface area (TPSA) is 106 Å². The Morgan fingerprint density at radius 2 is 1.05 bits per heavy atom. The molecule has 3 rings (SSSR count). The van der Waals surface area contributed by atoms with Crippen LogP contribution in [0.3, 0.4) is 0 Å². The van der Waals surface area contributed by atoms with Crippen molar-refractivity contribution in [3.63, 3.8) is 0 Å². The lowest BCUT2D eigenvalue weighted by molar-refractivity contribution is -0.870. The van der Waals surface area contributed by atoms with Crippen LogP contribution < -0.4 is 10.2 Å². The summed E-state index contributed by atoms with van der Waals surface area (Å²) in [5, 5.41) is 2.85. The summed E-state index contributed by atoms with van der Waals surface area (Å²) < 4.78 is 36.5. The number of nitrogens with one attached hydrogen (secondary N) is 1. The van der Waals surface area contributed by atoms with Crippen LogP contribution in [-0.2, 0) is 28.7 Å². The van der Waals surface area contributed by atoms with Crippen LogP contribution in [0.4, 0.5) is 4.79 Å². The molecule has 1 N–H and O–H groups in total. The van der Waals surface area contributed by atoms with Crippen molar-refractivity contribution < 1.29 is 37.3 Å². The monoisotopic (exact) mass is 794 g/mol. The SMILES string of the molecule is CCCCCCCCCCCCCCCCCCNC(=O)O[C@H](COC(c1ccccc1)(c1ccccc1)c1ccccc1)COP(=O)([O-])OCC[N+](C)(C)C.